The van der Waals surface area contributed by atoms with E-state index in [9.17, 15) is 4.79 Å². The topological polar surface area (TPSA) is 70.9 Å². The summed E-state index contributed by atoms with van der Waals surface area (Å²) in [6.45, 7) is 4.36. The van der Waals surface area contributed by atoms with Gasteiger partial charge in [-0.3, -0.25) is 5.10 Å². The zero-order valence-corrected chi connectivity index (χ0v) is 9.19. The van der Waals surface area contributed by atoms with Crippen molar-refractivity contribution in [2.45, 2.75) is 20.4 Å². The van der Waals surface area contributed by atoms with Gasteiger partial charge in [0.05, 0.1) is 18.3 Å². The molecule has 0 spiro atoms. The summed E-state index contributed by atoms with van der Waals surface area (Å²) in [5.41, 5.74) is 3.10. The van der Waals surface area contributed by atoms with Crippen molar-refractivity contribution < 1.29 is 9.90 Å². The fourth-order valence-electron chi connectivity index (χ4n) is 1.81. The minimum absolute atomic E-state index is 0.362. The van der Waals surface area contributed by atoms with E-state index in [2.05, 4.69) is 10.2 Å². The summed E-state index contributed by atoms with van der Waals surface area (Å²) in [6.07, 6.45) is 3.54. The SMILES string of the molecule is Cc1cc(C(=O)O)c(C)n1Cc1cn[nH]c1. The van der Waals surface area contributed by atoms with Gasteiger partial charge in [0.15, 0.2) is 0 Å². The molecule has 0 amide bonds. The Bertz CT molecular complexity index is 512. The van der Waals surface area contributed by atoms with E-state index in [0.29, 0.717) is 12.1 Å². The maximum absolute atomic E-state index is 11.0. The van der Waals surface area contributed by atoms with Crippen LogP contribution in [0.15, 0.2) is 18.5 Å². The zero-order valence-electron chi connectivity index (χ0n) is 9.19. The molecule has 84 valence electrons. The van der Waals surface area contributed by atoms with E-state index in [1.807, 2.05) is 18.4 Å². The third-order valence-electron chi connectivity index (χ3n) is 2.70. The Morgan fingerprint density at radius 1 is 1.56 bits per heavy atom. The van der Waals surface area contributed by atoms with Crippen LogP contribution < -0.4 is 0 Å². The minimum atomic E-state index is -0.883. The third-order valence-corrected chi connectivity index (χ3v) is 2.70. The Labute approximate surface area is 92.7 Å². The lowest BCUT2D eigenvalue weighted by atomic mass is 10.2. The molecule has 5 nitrogen and oxygen atoms in total. The summed E-state index contributed by atoms with van der Waals surface area (Å²) in [4.78, 5) is 11.0. The molecule has 0 fully saturated rings. The van der Waals surface area contributed by atoms with Gasteiger partial charge in [-0.05, 0) is 19.9 Å². The molecule has 0 bridgehead atoms. The van der Waals surface area contributed by atoms with Crippen molar-refractivity contribution in [1.82, 2.24) is 14.8 Å². The van der Waals surface area contributed by atoms with E-state index in [1.54, 1.807) is 18.5 Å². The number of aromatic carboxylic acids is 1. The van der Waals surface area contributed by atoms with Gasteiger partial charge in [-0.1, -0.05) is 0 Å². The number of aromatic amines is 1. The number of carboxylic acids is 1. The molecule has 16 heavy (non-hydrogen) atoms. The maximum atomic E-state index is 11.0. The average molecular weight is 219 g/mol. The molecular weight excluding hydrogens is 206 g/mol. The van der Waals surface area contributed by atoms with Crippen molar-refractivity contribution in [2.75, 3.05) is 0 Å². The summed E-state index contributed by atoms with van der Waals surface area (Å²) >= 11 is 0. The second-order valence-corrected chi connectivity index (χ2v) is 3.78. The van der Waals surface area contributed by atoms with Crippen molar-refractivity contribution in [3.8, 4) is 0 Å². The van der Waals surface area contributed by atoms with Crippen LogP contribution in [0.3, 0.4) is 0 Å². The van der Waals surface area contributed by atoms with Crippen molar-refractivity contribution in [1.29, 1.82) is 0 Å². The lowest BCUT2D eigenvalue weighted by Gasteiger charge is -2.07. The number of hydrogen-bond donors (Lipinski definition) is 2. The second-order valence-electron chi connectivity index (χ2n) is 3.78. The summed E-state index contributed by atoms with van der Waals surface area (Å²) in [7, 11) is 0. The van der Waals surface area contributed by atoms with Gasteiger partial charge in [-0.2, -0.15) is 5.10 Å². The highest BCUT2D eigenvalue weighted by Gasteiger charge is 2.14. The summed E-state index contributed by atoms with van der Waals surface area (Å²) in [6, 6.07) is 1.69. The first kappa shape index (κ1) is 10.5. The van der Waals surface area contributed by atoms with Crippen LogP contribution in [-0.4, -0.2) is 25.8 Å². The lowest BCUT2D eigenvalue weighted by molar-refractivity contribution is 0.0696. The minimum Gasteiger partial charge on any atom is -0.478 e. The van der Waals surface area contributed by atoms with E-state index in [4.69, 9.17) is 5.11 Å². The van der Waals surface area contributed by atoms with Crippen LogP contribution in [0.1, 0.15) is 27.3 Å². The molecule has 0 atom stereocenters. The first-order valence-corrected chi connectivity index (χ1v) is 4.97. The summed E-state index contributed by atoms with van der Waals surface area (Å²) in [5.74, 6) is -0.883. The second kappa shape index (κ2) is 3.84. The molecule has 0 radical (unpaired) electrons. The van der Waals surface area contributed by atoms with Gasteiger partial charge in [0.1, 0.15) is 0 Å². The van der Waals surface area contributed by atoms with Gasteiger partial charge >= 0.3 is 5.97 Å². The fourth-order valence-corrected chi connectivity index (χ4v) is 1.81. The van der Waals surface area contributed by atoms with Crippen LogP contribution >= 0.6 is 0 Å². The molecule has 0 aliphatic rings. The number of rotatable bonds is 3. The Balaban J connectivity index is 2.38. The first-order chi connectivity index (χ1) is 7.59. The molecule has 0 aromatic carbocycles. The van der Waals surface area contributed by atoms with Crippen LogP contribution in [0.5, 0.6) is 0 Å². The van der Waals surface area contributed by atoms with E-state index < -0.39 is 5.97 Å². The molecule has 2 aromatic heterocycles. The van der Waals surface area contributed by atoms with Crippen LogP contribution in [0.2, 0.25) is 0 Å². The van der Waals surface area contributed by atoms with Crippen molar-refractivity contribution in [3.63, 3.8) is 0 Å². The van der Waals surface area contributed by atoms with Gasteiger partial charge < -0.3 is 9.67 Å². The predicted molar refractivity (Wildman–Crippen MR) is 58.6 cm³/mol. The van der Waals surface area contributed by atoms with Gasteiger partial charge in [0.2, 0.25) is 0 Å². The number of aryl methyl sites for hydroxylation is 1. The number of carboxylic acid groups (broad SMARTS) is 1. The zero-order chi connectivity index (χ0) is 11.7. The number of nitrogens with one attached hydrogen (secondary N) is 1. The quantitative estimate of drug-likeness (QED) is 0.823. The Morgan fingerprint density at radius 3 is 2.81 bits per heavy atom. The first-order valence-electron chi connectivity index (χ1n) is 4.97. The highest BCUT2D eigenvalue weighted by atomic mass is 16.4. The van der Waals surface area contributed by atoms with Crippen LogP contribution in [0, 0.1) is 13.8 Å². The van der Waals surface area contributed by atoms with Crippen LogP contribution in [0.25, 0.3) is 0 Å². The molecule has 0 saturated carbocycles. The number of nitrogens with zero attached hydrogens (tertiary/aromatic N) is 2. The Kier molecular flexibility index (Phi) is 2.52. The molecule has 5 heteroatoms. The predicted octanol–water partition coefficient (Wildman–Crippen LogP) is 1.57. The highest BCUT2D eigenvalue weighted by Crippen LogP contribution is 2.16. The number of aromatic nitrogens is 3. The van der Waals surface area contributed by atoms with Gasteiger partial charge in [0.25, 0.3) is 0 Å². The highest BCUT2D eigenvalue weighted by molar-refractivity contribution is 5.89. The standard InChI is InChI=1S/C11H13N3O2/c1-7-3-10(11(15)16)8(2)14(7)6-9-4-12-13-5-9/h3-5H,6H2,1-2H3,(H,12,13)(H,15,16). The summed E-state index contributed by atoms with van der Waals surface area (Å²) in [5, 5.41) is 15.6. The Hall–Kier alpha value is -2.04. The van der Waals surface area contributed by atoms with E-state index in [0.717, 1.165) is 17.0 Å². The van der Waals surface area contributed by atoms with Crippen LogP contribution in [-0.2, 0) is 6.54 Å². The smallest absolute Gasteiger partial charge is 0.337 e. The van der Waals surface area contributed by atoms with E-state index >= 15 is 0 Å². The van der Waals surface area contributed by atoms with Gasteiger partial charge in [-0.25, -0.2) is 4.79 Å². The average Bonchev–Trinajstić information content (AvgIpc) is 2.81. The fraction of sp³-hybridized carbons (Fsp3) is 0.273. The molecule has 2 rings (SSSR count). The molecule has 0 aliphatic carbocycles. The van der Waals surface area contributed by atoms with Gasteiger partial charge in [0, 0.05) is 23.1 Å². The number of carbonyl (C=O) groups is 1. The van der Waals surface area contributed by atoms with Gasteiger partial charge in [-0.15, -0.1) is 0 Å². The van der Waals surface area contributed by atoms with Crippen molar-refractivity contribution >= 4 is 5.97 Å². The molecule has 2 aromatic rings. The molecular formula is C11H13N3O2. The van der Waals surface area contributed by atoms with Crippen LogP contribution in [0.4, 0.5) is 0 Å². The summed E-state index contributed by atoms with van der Waals surface area (Å²) < 4.78 is 1.97. The number of H-pyrrole nitrogens is 1. The van der Waals surface area contributed by atoms with Crippen molar-refractivity contribution in [2.24, 2.45) is 0 Å². The lowest BCUT2D eigenvalue weighted by Crippen LogP contribution is -2.05. The normalized spacial score (nSPS) is 10.6. The molecule has 0 unspecified atom stereocenters. The third kappa shape index (κ3) is 1.71. The molecule has 2 heterocycles. The van der Waals surface area contributed by atoms with E-state index in [-0.39, 0.29) is 0 Å². The van der Waals surface area contributed by atoms with Crippen molar-refractivity contribution in [3.05, 3.63) is 41.0 Å². The molecule has 2 N–H and O–H groups in total. The molecule has 0 saturated heterocycles. The monoisotopic (exact) mass is 219 g/mol. The maximum Gasteiger partial charge on any atom is 0.337 e. The molecule has 0 aliphatic heterocycles. The number of hydrogen-bond acceptors (Lipinski definition) is 2. The van der Waals surface area contributed by atoms with E-state index in [1.165, 1.54) is 0 Å². The Morgan fingerprint density at radius 2 is 2.31 bits per heavy atom. The largest absolute Gasteiger partial charge is 0.478 e.